The second kappa shape index (κ2) is 9.81. The molecule has 2 heterocycles. The van der Waals surface area contributed by atoms with Crippen LogP contribution in [0.2, 0.25) is 0 Å². The van der Waals surface area contributed by atoms with Gasteiger partial charge in [0.1, 0.15) is 17.1 Å². The fourth-order valence-corrected chi connectivity index (χ4v) is 4.15. The summed E-state index contributed by atoms with van der Waals surface area (Å²) in [5, 5.41) is 26.3. The lowest BCUT2D eigenvalue weighted by molar-refractivity contribution is 0.100. The summed E-state index contributed by atoms with van der Waals surface area (Å²) in [5.41, 5.74) is 6.95. The zero-order chi connectivity index (χ0) is 23.4. The third kappa shape index (κ3) is 5.37. The lowest BCUT2D eigenvalue weighted by Gasteiger charge is -2.32. The van der Waals surface area contributed by atoms with Crippen molar-refractivity contribution in [3.05, 3.63) is 46.8 Å². The van der Waals surface area contributed by atoms with Crippen LogP contribution in [0.25, 0.3) is 5.69 Å². The Kier molecular flexibility index (Phi) is 6.68. The first kappa shape index (κ1) is 22.5. The Labute approximate surface area is 197 Å². The van der Waals surface area contributed by atoms with Gasteiger partial charge in [-0.3, -0.25) is 4.79 Å². The highest BCUT2D eigenvalue weighted by Crippen LogP contribution is 2.27. The van der Waals surface area contributed by atoms with Gasteiger partial charge in [0.05, 0.1) is 18.4 Å². The predicted octanol–water partition coefficient (Wildman–Crippen LogP) is 2.65. The minimum Gasteiger partial charge on any atom is -0.465 e. The van der Waals surface area contributed by atoms with Crippen molar-refractivity contribution >= 4 is 45.4 Å². The summed E-state index contributed by atoms with van der Waals surface area (Å²) in [4.78, 5) is 33.2. The van der Waals surface area contributed by atoms with Crippen LogP contribution in [0.4, 0.5) is 22.2 Å². The van der Waals surface area contributed by atoms with Crippen molar-refractivity contribution < 1.29 is 14.7 Å². The van der Waals surface area contributed by atoms with Gasteiger partial charge in [-0.1, -0.05) is 12.8 Å². The van der Waals surface area contributed by atoms with E-state index in [0.29, 0.717) is 11.4 Å². The minimum atomic E-state index is -1.07. The first-order valence-corrected chi connectivity index (χ1v) is 11.1. The van der Waals surface area contributed by atoms with Crippen molar-refractivity contribution in [3.63, 3.8) is 0 Å². The van der Waals surface area contributed by atoms with Crippen LogP contribution in [0.1, 0.15) is 36.0 Å². The number of aromatic nitrogens is 5. The van der Waals surface area contributed by atoms with Crippen molar-refractivity contribution in [1.82, 2.24) is 30.3 Å². The fourth-order valence-electron chi connectivity index (χ4n) is 3.75. The smallest absolute Gasteiger partial charge is 0.404 e. The number of nitrogens with two attached hydrogens (primary N) is 1. The molecule has 0 spiro atoms. The van der Waals surface area contributed by atoms with Gasteiger partial charge in [0.2, 0.25) is 5.95 Å². The summed E-state index contributed by atoms with van der Waals surface area (Å²) in [7, 11) is 0. The number of amides is 2. The number of nitrogens with one attached hydrogen (secondary N) is 3. The molecule has 4 rings (SSSR count). The molecular weight excluding hydrogens is 494 g/mol. The number of benzene rings is 1. The molecule has 0 saturated heterocycles. The number of rotatable bonds is 7. The second-order valence-electron chi connectivity index (χ2n) is 7.52. The van der Waals surface area contributed by atoms with Gasteiger partial charge in [0.15, 0.2) is 0 Å². The SMILES string of the molecule is NC(=O)c1cnc(N[C@@H]2CCCC[C@@H]2NC(=O)O)nc1Nc1ccc(Br)c(-n2nccn2)c1. The van der Waals surface area contributed by atoms with E-state index in [1.165, 1.54) is 11.0 Å². The molecule has 1 aromatic carbocycles. The maximum Gasteiger partial charge on any atom is 0.404 e. The molecule has 6 N–H and O–H groups in total. The molecule has 0 bridgehead atoms. The van der Waals surface area contributed by atoms with Crippen molar-refractivity contribution in [2.45, 2.75) is 37.8 Å². The van der Waals surface area contributed by atoms with Crippen LogP contribution < -0.4 is 21.7 Å². The van der Waals surface area contributed by atoms with Crippen molar-refractivity contribution in [2.24, 2.45) is 5.73 Å². The van der Waals surface area contributed by atoms with Crippen molar-refractivity contribution in [1.29, 1.82) is 0 Å². The van der Waals surface area contributed by atoms with E-state index >= 15 is 0 Å². The molecule has 0 radical (unpaired) electrons. The van der Waals surface area contributed by atoms with Crippen LogP contribution in [0, 0.1) is 0 Å². The maximum atomic E-state index is 12.0. The lowest BCUT2D eigenvalue weighted by atomic mass is 9.90. The lowest BCUT2D eigenvalue weighted by Crippen LogP contribution is -2.48. The van der Waals surface area contributed by atoms with Crippen LogP contribution >= 0.6 is 15.9 Å². The van der Waals surface area contributed by atoms with Gasteiger partial charge in [-0.15, -0.1) is 0 Å². The third-order valence-electron chi connectivity index (χ3n) is 5.29. The first-order valence-electron chi connectivity index (χ1n) is 10.3. The quantitative estimate of drug-likeness (QED) is 0.316. The molecule has 0 aliphatic heterocycles. The zero-order valence-corrected chi connectivity index (χ0v) is 19.0. The summed E-state index contributed by atoms with van der Waals surface area (Å²) >= 11 is 3.48. The van der Waals surface area contributed by atoms with Gasteiger partial charge >= 0.3 is 6.09 Å². The van der Waals surface area contributed by atoms with E-state index in [-0.39, 0.29) is 29.4 Å². The number of halogens is 1. The zero-order valence-electron chi connectivity index (χ0n) is 17.4. The monoisotopic (exact) mass is 515 g/mol. The van der Waals surface area contributed by atoms with Gasteiger partial charge in [-0.2, -0.15) is 20.0 Å². The van der Waals surface area contributed by atoms with Crippen LogP contribution in [0.3, 0.4) is 0 Å². The molecule has 2 atom stereocenters. The van der Waals surface area contributed by atoms with Crippen LogP contribution in [0.5, 0.6) is 0 Å². The molecule has 0 unspecified atom stereocenters. The first-order chi connectivity index (χ1) is 15.9. The van der Waals surface area contributed by atoms with Crippen LogP contribution in [-0.2, 0) is 0 Å². The average molecular weight is 516 g/mol. The highest BCUT2D eigenvalue weighted by atomic mass is 79.9. The Balaban J connectivity index is 1.60. The van der Waals surface area contributed by atoms with E-state index in [0.717, 1.165) is 30.2 Å². The number of carboxylic acid groups (broad SMARTS) is 1. The van der Waals surface area contributed by atoms with E-state index in [4.69, 9.17) is 10.8 Å². The number of primary amides is 1. The number of nitrogens with zero attached hydrogens (tertiary/aromatic N) is 5. The predicted molar refractivity (Wildman–Crippen MR) is 124 cm³/mol. The molecule has 172 valence electrons. The molecule has 1 aliphatic rings. The standard InChI is InChI=1S/C20H22BrN9O3/c21-13-6-5-11(9-16(13)30-24-7-8-25-30)26-18-12(17(22)31)10-23-19(29-18)27-14-3-1-2-4-15(14)28-20(32)33/h5-10,14-15,28H,1-4H2,(H2,22,31)(H,32,33)(H2,23,26,27,29)/t14-,15+/m1/s1. The maximum absolute atomic E-state index is 12.0. The van der Waals surface area contributed by atoms with E-state index < -0.39 is 12.0 Å². The molecule has 1 fully saturated rings. The van der Waals surface area contributed by atoms with Crippen LogP contribution in [-0.4, -0.2) is 54.2 Å². The number of carbonyl (C=O) groups excluding carboxylic acids is 1. The molecule has 3 aromatic rings. The Bertz CT molecular complexity index is 1160. The fraction of sp³-hybridized carbons (Fsp3) is 0.300. The molecular formula is C20H22BrN9O3. The molecule has 2 aromatic heterocycles. The average Bonchev–Trinajstić information content (AvgIpc) is 3.31. The molecule has 33 heavy (non-hydrogen) atoms. The second-order valence-corrected chi connectivity index (χ2v) is 8.38. The van der Waals surface area contributed by atoms with Crippen molar-refractivity contribution in [2.75, 3.05) is 10.6 Å². The highest BCUT2D eigenvalue weighted by Gasteiger charge is 2.27. The van der Waals surface area contributed by atoms with Gasteiger partial charge < -0.3 is 26.8 Å². The van der Waals surface area contributed by atoms with Gasteiger partial charge in [-0.05, 0) is 47.0 Å². The Morgan fingerprint density at radius 1 is 1.15 bits per heavy atom. The Morgan fingerprint density at radius 2 is 1.88 bits per heavy atom. The summed E-state index contributed by atoms with van der Waals surface area (Å²) < 4.78 is 0.777. The largest absolute Gasteiger partial charge is 0.465 e. The van der Waals surface area contributed by atoms with E-state index in [2.05, 4.69) is 52.0 Å². The van der Waals surface area contributed by atoms with Gasteiger partial charge in [0, 0.05) is 22.4 Å². The van der Waals surface area contributed by atoms with E-state index in [9.17, 15) is 9.59 Å². The van der Waals surface area contributed by atoms with E-state index in [1.807, 2.05) is 6.07 Å². The number of hydrogen-bond donors (Lipinski definition) is 5. The van der Waals surface area contributed by atoms with Crippen LogP contribution in [0.15, 0.2) is 41.3 Å². The Morgan fingerprint density at radius 3 is 2.58 bits per heavy atom. The molecule has 13 heteroatoms. The normalized spacial score (nSPS) is 17.8. The van der Waals surface area contributed by atoms with Crippen molar-refractivity contribution in [3.8, 4) is 5.69 Å². The highest BCUT2D eigenvalue weighted by molar-refractivity contribution is 9.10. The number of anilines is 3. The van der Waals surface area contributed by atoms with Gasteiger partial charge in [-0.25, -0.2) is 9.78 Å². The third-order valence-corrected chi connectivity index (χ3v) is 5.96. The topological polar surface area (TPSA) is 173 Å². The van der Waals surface area contributed by atoms with E-state index in [1.54, 1.807) is 24.5 Å². The molecule has 1 saturated carbocycles. The number of carbonyl (C=O) groups is 2. The summed E-state index contributed by atoms with van der Waals surface area (Å²) in [6.07, 6.45) is 6.79. The Hall–Kier alpha value is -3.74. The number of hydrogen-bond acceptors (Lipinski definition) is 8. The molecule has 2 amide bonds. The van der Waals surface area contributed by atoms with Gasteiger partial charge in [0.25, 0.3) is 5.91 Å². The summed E-state index contributed by atoms with van der Waals surface area (Å²) in [6, 6.07) is 4.97. The molecule has 1 aliphatic carbocycles. The molecule has 12 nitrogen and oxygen atoms in total. The summed E-state index contributed by atoms with van der Waals surface area (Å²) in [6.45, 7) is 0. The summed E-state index contributed by atoms with van der Waals surface area (Å²) in [5.74, 6) is -0.198. The minimum absolute atomic E-state index is 0.117.